The lowest BCUT2D eigenvalue weighted by Gasteiger charge is -2.10. The van der Waals surface area contributed by atoms with Crippen LogP contribution < -0.4 is 4.74 Å². The lowest BCUT2D eigenvalue weighted by molar-refractivity contribution is -0.385. The highest BCUT2D eigenvalue weighted by molar-refractivity contribution is 8.13. The summed E-state index contributed by atoms with van der Waals surface area (Å²) >= 11 is 5.44. The fraction of sp³-hybridized carbons (Fsp3) is 0.143. The molecular weight excluding hydrogens is 319 g/mol. The molecule has 0 saturated heterocycles. The Balaban J connectivity index is 3.55. The van der Waals surface area contributed by atoms with Crippen LogP contribution in [0.4, 0.5) is 14.5 Å². The Labute approximate surface area is 109 Å². The van der Waals surface area contributed by atoms with Crippen molar-refractivity contribution in [1.82, 2.24) is 0 Å². The molecule has 18 heavy (non-hydrogen) atoms. The molecule has 0 N–H and O–H groups in total. The quantitative estimate of drug-likeness (QED) is 0.483. The molecule has 0 aliphatic carbocycles. The molecule has 1 rings (SSSR count). The Bertz CT molecular complexity index is 592. The van der Waals surface area contributed by atoms with Gasteiger partial charge in [0.15, 0.2) is 5.75 Å². The summed E-state index contributed by atoms with van der Waals surface area (Å²) in [6.45, 7) is -3.36. The van der Waals surface area contributed by atoms with Crippen LogP contribution in [0.25, 0.3) is 0 Å². The molecule has 1 aromatic rings. The van der Waals surface area contributed by atoms with E-state index in [9.17, 15) is 27.3 Å². The fourth-order valence-electron chi connectivity index (χ4n) is 1.04. The number of nitro benzene ring substituents is 1. The highest BCUT2D eigenvalue weighted by atomic mass is 35.7. The van der Waals surface area contributed by atoms with Crippen molar-refractivity contribution >= 4 is 37.0 Å². The van der Waals surface area contributed by atoms with Gasteiger partial charge >= 0.3 is 6.61 Å². The number of hydrogen-bond acceptors (Lipinski definition) is 5. The van der Waals surface area contributed by atoms with Crippen molar-refractivity contribution < 1.29 is 26.9 Å². The average molecular weight is 322 g/mol. The first-order chi connectivity index (χ1) is 8.12. The second kappa shape index (κ2) is 5.21. The minimum absolute atomic E-state index is 0.478. The zero-order valence-electron chi connectivity index (χ0n) is 8.14. The van der Waals surface area contributed by atoms with Gasteiger partial charge in [-0.05, 0) is 0 Å². The zero-order valence-corrected chi connectivity index (χ0v) is 10.5. The first-order valence-corrected chi connectivity index (χ1v) is 6.69. The van der Waals surface area contributed by atoms with Gasteiger partial charge in [-0.3, -0.25) is 10.1 Å². The molecule has 0 heterocycles. The summed E-state index contributed by atoms with van der Waals surface area (Å²) in [5, 5.41) is 9.82. The van der Waals surface area contributed by atoms with Crippen molar-refractivity contribution in [1.29, 1.82) is 0 Å². The molecule has 0 amide bonds. The van der Waals surface area contributed by atoms with Crippen LogP contribution in [0.2, 0.25) is 5.02 Å². The highest BCUT2D eigenvalue weighted by Gasteiger charge is 2.26. The van der Waals surface area contributed by atoms with E-state index in [0.29, 0.717) is 12.1 Å². The van der Waals surface area contributed by atoms with Crippen molar-refractivity contribution in [2.75, 3.05) is 0 Å². The Hall–Kier alpha value is -1.19. The Kier molecular flexibility index (Phi) is 4.30. The minimum Gasteiger partial charge on any atom is -0.432 e. The van der Waals surface area contributed by atoms with Crippen LogP contribution in [0, 0.1) is 10.1 Å². The van der Waals surface area contributed by atoms with E-state index in [2.05, 4.69) is 4.74 Å². The summed E-state index contributed by atoms with van der Waals surface area (Å²) in [7, 11) is 0.429. The maximum Gasteiger partial charge on any atom is 0.387 e. The smallest absolute Gasteiger partial charge is 0.387 e. The molecule has 1 aromatic carbocycles. The van der Waals surface area contributed by atoms with Crippen molar-refractivity contribution in [2.45, 2.75) is 11.5 Å². The Morgan fingerprint density at radius 1 is 1.39 bits per heavy atom. The van der Waals surface area contributed by atoms with Crippen molar-refractivity contribution in [3.05, 3.63) is 27.3 Å². The van der Waals surface area contributed by atoms with Crippen LogP contribution in [0.15, 0.2) is 17.0 Å². The number of alkyl halides is 2. The van der Waals surface area contributed by atoms with E-state index in [4.69, 9.17) is 22.3 Å². The molecule has 100 valence electrons. The normalized spacial score (nSPS) is 11.6. The van der Waals surface area contributed by atoms with Gasteiger partial charge in [-0.1, -0.05) is 11.6 Å². The average Bonchev–Trinajstić information content (AvgIpc) is 2.17. The third kappa shape index (κ3) is 3.40. The molecule has 0 saturated carbocycles. The summed E-state index contributed by atoms with van der Waals surface area (Å²) in [6.07, 6.45) is 0. The van der Waals surface area contributed by atoms with Gasteiger partial charge in [0.1, 0.15) is 4.90 Å². The van der Waals surface area contributed by atoms with Crippen LogP contribution in [-0.2, 0) is 9.05 Å². The van der Waals surface area contributed by atoms with E-state index in [1.165, 1.54) is 0 Å². The van der Waals surface area contributed by atoms with Crippen molar-refractivity contribution in [2.24, 2.45) is 0 Å². The standard InChI is InChI=1S/C7H3Cl2F2NO5S/c8-4-1-3(12(13)14)2-5(18(9,15)16)6(4)17-7(10)11/h1-2,7H. The summed E-state index contributed by atoms with van der Waals surface area (Å²) in [6, 6.07) is 1.15. The van der Waals surface area contributed by atoms with Crippen LogP contribution in [0.1, 0.15) is 0 Å². The zero-order chi connectivity index (χ0) is 14.1. The number of halogens is 4. The van der Waals surface area contributed by atoms with Crippen molar-refractivity contribution in [3.8, 4) is 5.75 Å². The van der Waals surface area contributed by atoms with E-state index in [-0.39, 0.29) is 0 Å². The topological polar surface area (TPSA) is 86.5 Å². The maximum absolute atomic E-state index is 12.1. The molecule has 0 spiro atoms. The predicted octanol–water partition coefficient (Wildman–Crippen LogP) is 2.78. The largest absolute Gasteiger partial charge is 0.432 e. The first-order valence-electron chi connectivity index (χ1n) is 4.00. The number of nitrogens with zero attached hydrogens (tertiary/aromatic N) is 1. The molecule has 0 aliphatic heterocycles. The van der Waals surface area contributed by atoms with Gasteiger partial charge in [-0.15, -0.1) is 0 Å². The molecule has 0 atom stereocenters. The van der Waals surface area contributed by atoms with Crippen LogP contribution >= 0.6 is 22.3 Å². The number of hydrogen-bond donors (Lipinski definition) is 0. The molecule has 0 unspecified atom stereocenters. The summed E-state index contributed by atoms with van der Waals surface area (Å²) in [5.41, 5.74) is -0.721. The molecule has 11 heteroatoms. The van der Waals surface area contributed by atoms with Gasteiger partial charge in [0.05, 0.1) is 9.95 Å². The van der Waals surface area contributed by atoms with Gasteiger partial charge < -0.3 is 4.74 Å². The van der Waals surface area contributed by atoms with Crippen LogP contribution in [0.5, 0.6) is 5.75 Å². The SMILES string of the molecule is O=[N+]([O-])c1cc(Cl)c(OC(F)F)c(S(=O)(=O)Cl)c1. The molecule has 0 aromatic heterocycles. The number of ether oxygens (including phenoxy) is 1. The molecule has 6 nitrogen and oxygen atoms in total. The Morgan fingerprint density at radius 2 is 1.94 bits per heavy atom. The second-order valence-electron chi connectivity index (χ2n) is 2.83. The van der Waals surface area contributed by atoms with E-state index < -0.39 is 41.9 Å². The Morgan fingerprint density at radius 3 is 2.33 bits per heavy atom. The van der Waals surface area contributed by atoms with E-state index >= 15 is 0 Å². The summed E-state index contributed by atoms with van der Waals surface area (Å²) in [4.78, 5) is 8.53. The lowest BCUT2D eigenvalue weighted by atomic mass is 10.3. The van der Waals surface area contributed by atoms with E-state index in [1.807, 2.05) is 0 Å². The third-order valence-corrected chi connectivity index (χ3v) is 3.28. The number of rotatable bonds is 4. The number of benzene rings is 1. The van der Waals surface area contributed by atoms with E-state index in [0.717, 1.165) is 0 Å². The van der Waals surface area contributed by atoms with Crippen LogP contribution in [-0.4, -0.2) is 20.0 Å². The number of non-ortho nitro benzene ring substituents is 1. The molecule has 0 aliphatic rings. The van der Waals surface area contributed by atoms with Crippen LogP contribution in [0.3, 0.4) is 0 Å². The molecular formula is C7H3Cl2F2NO5S. The summed E-state index contributed by atoms with van der Waals surface area (Å²) in [5.74, 6) is -0.938. The van der Waals surface area contributed by atoms with Gasteiger partial charge in [-0.2, -0.15) is 8.78 Å². The molecule has 0 radical (unpaired) electrons. The molecule has 0 fully saturated rings. The monoisotopic (exact) mass is 321 g/mol. The third-order valence-electron chi connectivity index (χ3n) is 1.67. The van der Waals surface area contributed by atoms with Crippen molar-refractivity contribution in [3.63, 3.8) is 0 Å². The fourth-order valence-corrected chi connectivity index (χ4v) is 2.34. The lowest BCUT2D eigenvalue weighted by Crippen LogP contribution is -2.07. The van der Waals surface area contributed by atoms with E-state index in [1.54, 1.807) is 0 Å². The summed E-state index contributed by atoms with van der Waals surface area (Å²) < 4.78 is 50.3. The first kappa shape index (κ1) is 14.9. The van der Waals surface area contributed by atoms with Gasteiger partial charge in [0.2, 0.25) is 0 Å². The maximum atomic E-state index is 12.1. The van der Waals surface area contributed by atoms with Gasteiger partial charge in [0, 0.05) is 22.8 Å². The number of nitro groups is 1. The minimum atomic E-state index is -4.53. The molecule has 0 bridgehead atoms. The highest BCUT2D eigenvalue weighted by Crippen LogP contribution is 2.38. The second-order valence-corrected chi connectivity index (χ2v) is 5.77. The van der Waals surface area contributed by atoms with Gasteiger partial charge in [0.25, 0.3) is 14.7 Å². The van der Waals surface area contributed by atoms with Gasteiger partial charge in [-0.25, -0.2) is 8.42 Å². The predicted molar refractivity (Wildman–Crippen MR) is 57.8 cm³/mol.